The van der Waals surface area contributed by atoms with E-state index in [2.05, 4.69) is 0 Å². The highest BCUT2D eigenvalue weighted by atomic mass is 32.2. The topological polar surface area (TPSA) is 83.5 Å². The molecule has 1 aromatic heterocycles. The second kappa shape index (κ2) is 5.41. The number of aryl methyl sites for hydroxylation is 1. The zero-order valence-corrected chi connectivity index (χ0v) is 12.2. The van der Waals surface area contributed by atoms with Gasteiger partial charge in [-0.1, -0.05) is 0 Å². The molecular weight excluding hydrogens is 324 g/mol. The Labute approximate surface area is 122 Å². The molecule has 0 fully saturated rings. The molecule has 2 aromatic rings. The number of anilines is 1. The van der Waals surface area contributed by atoms with Crippen molar-refractivity contribution >= 4 is 33.0 Å². The lowest BCUT2D eigenvalue weighted by Gasteiger charge is -2.08. The number of hydrogen-bond donors (Lipinski definition) is 2. The smallest absolute Gasteiger partial charge is 0.345 e. The molecule has 0 bridgehead atoms. The van der Waals surface area contributed by atoms with Crippen LogP contribution in [0, 0.1) is 18.6 Å². The third-order valence-corrected chi connectivity index (χ3v) is 5.20. The first-order chi connectivity index (χ1) is 9.70. The van der Waals surface area contributed by atoms with E-state index in [0.717, 1.165) is 29.5 Å². The highest BCUT2D eigenvalue weighted by Crippen LogP contribution is 2.28. The maximum absolute atomic E-state index is 13.5. The molecule has 0 aliphatic heterocycles. The second-order valence-corrected chi connectivity index (χ2v) is 6.97. The number of carboxylic acids is 1. The Hall–Kier alpha value is -2.00. The van der Waals surface area contributed by atoms with Crippen LogP contribution in [0.25, 0.3) is 0 Å². The summed E-state index contributed by atoms with van der Waals surface area (Å²) in [6, 6.07) is 3.32. The third kappa shape index (κ3) is 3.19. The minimum Gasteiger partial charge on any atom is -0.477 e. The van der Waals surface area contributed by atoms with Crippen molar-refractivity contribution in [2.45, 2.75) is 11.8 Å². The van der Waals surface area contributed by atoms with Crippen LogP contribution in [0.4, 0.5) is 14.5 Å². The predicted octanol–water partition coefficient (Wildman–Crippen LogP) is 2.83. The van der Waals surface area contributed by atoms with Gasteiger partial charge in [-0.2, -0.15) is 0 Å². The van der Waals surface area contributed by atoms with Gasteiger partial charge in [0, 0.05) is 10.9 Å². The van der Waals surface area contributed by atoms with E-state index in [1.807, 2.05) is 4.72 Å². The number of carboxylic acid groups (broad SMARTS) is 1. The van der Waals surface area contributed by atoms with Crippen molar-refractivity contribution in [3.8, 4) is 0 Å². The Bertz CT molecular complexity index is 815. The molecule has 2 N–H and O–H groups in total. The van der Waals surface area contributed by atoms with Crippen LogP contribution in [-0.4, -0.2) is 19.5 Å². The molecule has 0 saturated carbocycles. The zero-order chi connectivity index (χ0) is 15.8. The van der Waals surface area contributed by atoms with Crippen molar-refractivity contribution in [3.63, 3.8) is 0 Å². The van der Waals surface area contributed by atoms with Gasteiger partial charge in [0.1, 0.15) is 21.4 Å². The van der Waals surface area contributed by atoms with Gasteiger partial charge in [-0.3, -0.25) is 4.72 Å². The minimum absolute atomic E-state index is 0.160. The van der Waals surface area contributed by atoms with E-state index in [4.69, 9.17) is 5.11 Å². The van der Waals surface area contributed by atoms with Gasteiger partial charge in [0.25, 0.3) is 10.0 Å². The zero-order valence-electron chi connectivity index (χ0n) is 10.6. The molecule has 0 unspecified atom stereocenters. The van der Waals surface area contributed by atoms with E-state index in [9.17, 15) is 22.0 Å². The Kier molecular flexibility index (Phi) is 3.97. The van der Waals surface area contributed by atoms with E-state index < -0.39 is 33.3 Å². The summed E-state index contributed by atoms with van der Waals surface area (Å²) in [5, 5.41) is 8.84. The number of thiophene rings is 1. The van der Waals surface area contributed by atoms with E-state index in [-0.39, 0.29) is 14.6 Å². The highest BCUT2D eigenvalue weighted by Gasteiger charge is 2.23. The van der Waals surface area contributed by atoms with Gasteiger partial charge in [-0.15, -0.1) is 11.3 Å². The van der Waals surface area contributed by atoms with E-state index in [0.29, 0.717) is 6.07 Å². The largest absolute Gasteiger partial charge is 0.477 e. The number of sulfonamides is 1. The van der Waals surface area contributed by atoms with E-state index in [1.165, 1.54) is 6.92 Å². The molecule has 0 aliphatic carbocycles. The second-order valence-electron chi connectivity index (χ2n) is 4.07. The number of hydrogen-bond acceptors (Lipinski definition) is 4. The van der Waals surface area contributed by atoms with Gasteiger partial charge in [-0.05, 0) is 25.1 Å². The number of aromatic carboxylic acids is 1. The number of rotatable bonds is 4. The fraction of sp³-hybridized carbons (Fsp3) is 0.0833. The van der Waals surface area contributed by atoms with Gasteiger partial charge in [0.15, 0.2) is 0 Å². The number of carbonyl (C=O) groups is 1. The van der Waals surface area contributed by atoms with Crippen molar-refractivity contribution in [1.82, 2.24) is 0 Å². The van der Waals surface area contributed by atoms with E-state index in [1.54, 1.807) is 0 Å². The molecule has 0 spiro atoms. The SMILES string of the molecule is Cc1sc(C(=O)O)cc1S(=O)(=O)Nc1cc(F)ccc1F. The average molecular weight is 333 g/mol. The molecular formula is C12H9F2NO4S2. The Morgan fingerprint density at radius 1 is 1.29 bits per heavy atom. The summed E-state index contributed by atoms with van der Waals surface area (Å²) in [5.74, 6) is -3.00. The minimum atomic E-state index is -4.21. The molecule has 0 saturated heterocycles. The maximum Gasteiger partial charge on any atom is 0.345 e. The molecule has 1 aromatic carbocycles. The standard InChI is InChI=1S/C12H9F2NO4S2/c1-6-11(5-10(20-6)12(16)17)21(18,19)15-9-4-7(13)2-3-8(9)14/h2-5,15H,1H3,(H,16,17). The van der Waals surface area contributed by atoms with Crippen LogP contribution in [0.2, 0.25) is 0 Å². The van der Waals surface area contributed by atoms with Crippen molar-refractivity contribution in [1.29, 1.82) is 0 Å². The lowest BCUT2D eigenvalue weighted by atomic mass is 10.3. The molecule has 1 heterocycles. The summed E-state index contributed by atoms with van der Waals surface area (Å²) in [6.45, 7) is 1.42. The van der Waals surface area contributed by atoms with Gasteiger partial charge < -0.3 is 5.11 Å². The first kappa shape index (κ1) is 15.4. The van der Waals surface area contributed by atoms with Crippen molar-refractivity contribution in [2.75, 3.05) is 4.72 Å². The Balaban J connectivity index is 2.43. The molecule has 5 nitrogen and oxygen atoms in total. The molecule has 0 amide bonds. The van der Waals surface area contributed by atoms with Crippen LogP contribution < -0.4 is 4.72 Å². The van der Waals surface area contributed by atoms with Crippen LogP contribution in [0.1, 0.15) is 14.5 Å². The molecule has 21 heavy (non-hydrogen) atoms. The van der Waals surface area contributed by atoms with Crippen LogP contribution in [-0.2, 0) is 10.0 Å². The molecule has 0 aliphatic rings. The Morgan fingerprint density at radius 3 is 2.52 bits per heavy atom. The van der Waals surface area contributed by atoms with Crippen LogP contribution >= 0.6 is 11.3 Å². The molecule has 112 valence electrons. The van der Waals surface area contributed by atoms with Crippen molar-refractivity contribution < 1.29 is 27.1 Å². The Morgan fingerprint density at radius 2 is 1.95 bits per heavy atom. The summed E-state index contributed by atoms with van der Waals surface area (Å²) in [4.78, 5) is 10.6. The summed E-state index contributed by atoms with van der Waals surface area (Å²) >= 11 is 0.781. The fourth-order valence-corrected chi connectivity index (χ4v) is 4.10. The third-order valence-electron chi connectivity index (χ3n) is 2.55. The van der Waals surface area contributed by atoms with Crippen LogP contribution in [0.3, 0.4) is 0 Å². The highest BCUT2D eigenvalue weighted by molar-refractivity contribution is 7.93. The monoisotopic (exact) mass is 333 g/mol. The predicted molar refractivity (Wildman–Crippen MR) is 73.2 cm³/mol. The average Bonchev–Trinajstić information content (AvgIpc) is 2.77. The molecule has 9 heteroatoms. The maximum atomic E-state index is 13.5. The summed E-state index contributed by atoms with van der Waals surface area (Å²) in [5.41, 5.74) is -0.544. The number of halogens is 2. The number of nitrogens with one attached hydrogen (secondary N) is 1. The molecule has 0 atom stereocenters. The van der Waals surface area contributed by atoms with Crippen LogP contribution in [0.5, 0.6) is 0 Å². The normalized spacial score (nSPS) is 11.4. The first-order valence-corrected chi connectivity index (χ1v) is 7.82. The lowest BCUT2D eigenvalue weighted by Crippen LogP contribution is -2.14. The summed E-state index contributed by atoms with van der Waals surface area (Å²) in [7, 11) is -4.21. The lowest BCUT2D eigenvalue weighted by molar-refractivity contribution is 0.0702. The molecule has 0 radical (unpaired) electrons. The first-order valence-electron chi connectivity index (χ1n) is 5.52. The van der Waals surface area contributed by atoms with Gasteiger partial charge in [0.2, 0.25) is 0 Å². The summed E-state index contributed by atoms with van der Waals surface area (Å²) in [6.07, 6.45) is 0. The van der Waals surface area contributed by atoms with Gasteiger partial charge in [0.05, 0.1) is 5.69 Å². The van der Waals surface area contributed by atoms with Crippen molar-refractivity contribution in [3.05, 3.63) is 45.7 Å². The van der Waals surface area contributed by atoms with Gasteiger partial charge >= 0.3 is 5.97 Å². The van der Waals surface area contributed by atoms with Crippen molar-refractivity contribution in [2.24, 2.45) is 0 Å². The fourth-order valence-electron chi connectivity index (χ4n) is 1.61. The molecule has 2 rings (SSSR count). The number of benzene rings is 1. The quantitative estimate of drug-likeness (QED) is 0.901. The van der Waals surface area contributed by atoms with E-state index >= 15 is 0 Å². The summed E-state index contributed by atoms with van der Waals surface area (Å²) < 4.78 is 52.7. The van der Waals surface area contributed by atoms with Gasteiger partial charge in [-0.25, -0.2) is 22.0 Å². The van der Waals surface area contributed by atoms with Crippen LogP contribution in [0.15, 0.2) is 29.2 Å².